The maximum absolute atomic E-state index is 13.8. The average Bonchev–Trinajstić information content (AvgIpc) is 3.29. The molecule has 2 aromatic rings. The van der Waals surface area contributed by atoms with Crippen molar-refractivity contribution in [2.45, 2.75) is 24.3 Å². The van der Waals surface area contributed by atoms with E-state index >= 15 is 0 Å². The number of halogens is 6. The van der Waals surface area contributed by atoms with Gasteiger partial charge in [0.1, 0.15) is 0 Å². The summed E-state index contributed by atoms with van der Waals surface area (Å²) >= 11 is 1.58. The Kier molecular flexibility index (Phi) is 4.56. The van der Waals surface area contributed by atoms with Crippen molar-refractivity contribution in [3.63, 3.8) is 0 Å². The van der Waals surface area contributed by atoms with E-state index < -0.39 is 23.5 Å². The van der Waals surface area contributed by atoms with Crippen LogP contribution in [-0.4, -0.2) is 16.8 Å². The van der Waals surface area contributed by atoms with Gasteiger partial charge in [-0.1, -0.05) is 48.6 Å². The van der Waals surface area contributed by atoms with Gasteiger partial charge in [-0.3, -0.25) is 5.01 Å². The highest BCUT2D eigenvalue weighted by Crippen LogP contribution is 2.53. The smallest absolute Gasteiger partial charge is 0.255 e. The minimum absolute atomic E-state index is 0.00728. The second-order valence-corrected chi connectivity index (χ2v) is 10.3. The predicted octanol–water partition coefficient (Wildman–Crippen LogP) is 7.86. The number of allylic oxidation sites excluding steroid dienone is 9. The number of nitrogens with zero attached hydrogens (tertiary/aromatic N) is 2. The summed E-state index contributed by atoms with van der Waals surface area (Å²) in [5.41, 5.74) is 1.32. The number of alkyl halides is 6. The van der Waals surface area contributed by atoms with Gasteiger partial charge < -0.3 is 0 Å². The molecule has 2 aliphatic heterocycles. The van der Waals surface area contributed by atoms with Crippen LogP contribution in [0.2, 0.25) is 0 Å². The quantitative estimate of drug-likeness (QED) is 0.273. The molecule has 0 amide bonds. The molecule has 1 aromatic heterocycles. The van der Waals surface area contributed by atoms with Crippen molar-refractivity contribution in [3.8, 4) is 0 Å². The minimum Gasteiger partial charge on any atom is -0.255 e. The third kappa shape index (κ3) is 3.29. The Morgan fingerprint density at radius 3 is 2.43 bits per heavy atom. The Balaban J connectivity index is 1.46. The number of fused-ring (bicyclic) bond motifs is 8. The van der Waals surface area contributed by atoms with Gasteiger partial charge in [0, 0.05) is 28.5 Å². The first-order chi connectivity index (χ1) is 17.6. The molecule has 1 aromatic carbocycles. The number of hydrazone groups is 1. The van der Waals surface area contributed by atoms with Crippen LogP contribution in [0.1, 0.15) is 33.0 Å². The van der Waals surface area contributed by atoms with Crippen molar-refractivity contribution in [2.24, 2.45) is 11.0 Å². The lowest BCUT2D eigenvalue weighted by Crippen LogP contribution is -2.44. The molecule has 3 unspecified atom stereocenters. The molecule has 0 saturated carbocycles. The Labute approximate surface area is 211 Å². The highest BCUT2D eigenvalue weighted by Gasteiger charge is 2.46. The van der Waals surface area contributed by atoms with Gasteiger partial charge in [0.25, 0.3) is 0 Å². The molecule has 186 valence electrons. The summed E-state index contributed by atoms with van der Waals surface area (Å²) in [6.07, 6.45) is 5.51. The molecule has 5 aliphatic rings. The van der Waals surface area contributed by atoms with Gasteiger partial charge >= 0.3 is 12.4 Å². The summed E-state index contributed by atoms with van der Waals surface area (Å²) in [6, 6.07) is 4.14. The number of hydrogen-bond acceptors (Lipinski definition) is 3. The van der Waals surface area contributed by atoms with Gasteiger partial charge in [-0.2, -0.15) is 31.4 Å². The third-order valence-corrected chi connectivity index (χ3v) is 8.27. The zero-order chi connectivity index (χ0) is 25.7. The predicted molar refractivity (Wildman–Crippen MR) is 130 cm³/mol. The minimum atomic E-state index is -5.18. The van der Waals surface area contributed by atoms with Gasteiger partial charge in [0.05, 0.1) is 33.5 Å². The molecular weight excluding hydrogens is 510 g/mol. The van der Waals surface area contributed by atoms with E-state index in [9.17, 15) is 26.3 Å². The first kappa shape index (κ1) is 22.6. The van der Waals surface area contributed by atoms with Crippen LogP contribution in [0.5, 0.6) is 0 Å². The fraction of sp³-hybridized carbons (Fsp3) is 0.179. The van der Waals surface area contributed by atoms with Crippen molar-refractivity contribution in [1.29, 1.82) is 0 Å². The highest BCUT2D eigenvalue weighted by atomic mass is 32.1. The van der Waals surface area contributed by atoms with Crippen LogP contribution in [0.4, 0.5) is 26.3 Å². The summed E-state index contributed by atoms with van der Waals surface area (Å²) in [5.74, 6) is -0.0126. The first-order valence-corrected chi connectivity index (χ1v) is 12.5. The topological polar surface area (TPSA) is 15.6 Å². The molecular formula is C28H16F6N2S. The van der Waals surface area contributed by atoms with Crippen LogP contribution >= 0.6 is 11.3 Å². The summed E-state index contributed by atoms with van der Waals surface area (Å²) in [5, 5.41) is 8.68. The Hall–Kier alpha value is -3.59. The van der Waals surface area contributed by atoms with Crippen molar-refractivity contribution in [1.82, 2.24) is 5.01 Å². The Morgan fingerprint density at radius 2 is 1.70 bits per heavy atom. The summed E-state index contributed by atoms with van der Waals surface area (Å²) in [6.45, 7) is 0. The van der Waals surface area contributed by atoms with Crippen LogP contribution in [0.15, 0.2) is 100 Å². The zero-order valence-electron chi connectivity index (χ0n) is 18.8. The molecule has 0 spiro atoms. The lowest BCUT2D eigenvalue weighted by Gasteiger charge is -2.46. The van der Waals surface area contributed by atoms with E-state index in [0.717, 1.165) is 27.8 Å². The Bertz CT molecular complexity index is 1570. The van der Waals surface area contributed by atoms with Gasteiger partial charge in [0.15, 0.2) is 0 Å². The lowest BCUT2D eigenvalue weighted by molar-refractivity contribution is -0.162. The maximum Gasteiger partial charge on any atom is 0.417 e. The van der Waals surface area contributed by atoms with Crippen molar-refractivity contribution in [3.05, 3.63) is 122 Å². The van der Waals surface area contributed by atoms with E-state index in [1.807, 2.05) is 52.9 Å². The highest BCUT2D eigenvalue weighted by molar-refractivity contribution is 7.11. The van der Waals surface area contributed by atoms with Crippen LogP contribution in [-0.2, 0) is 12.4 Å². The van der Waals surface area contributed by atoms with Gasteiger partial charge in [-0.25, -0.2) is 0 Å². The summed E-state index contributed by atoms with van der Waals surface area (Å²) in [7, 11) is 0. The largest absolute Gasteiger partial charge is 0.417 e. The standard InChI is InChI=1S/C28H16F6N2S/c29-27(30,31)21-7-5-16(13-22(21)28(32,33)34)24-19-11-14-3-1-2-4-15(14)12-20(19)25-26-18(9-10-37-26)17-6-8-23(17)36(25)35-24/h1-14,17,23H. The molecule has 37 heavy (non-hydrogen) atoms. The molecule has 0 saturated heterocycles. The molecule has 0 N–H and O–H groups in total. The monoisotopic (exact) mass is 526 g/mol. The van der Waals surface area contributed by atoms with E-state index in [1.165, 1.54) is 5.56 Å². The van der Waals surface area contributed by atoms with Gasteiger partial charge in [-0.15, -0.1) is 11.3 Å². The van der Waals surface area contributed by atoms with Gasteiger partial charge in [-0.05, 0) is 40.8 Å². The van der Waals surface area contributed by atoms with E-state index in [2.05, 4.69) is 12.1 Å². The van der Waals surface area contributed by atoms with Crippen molar-refractivity contribution in [2.75, 3.05) is 0 Å². The molecule has 2 nitrogen and oxygen atoms in total. The van der Waals surface area contributed by atoms with Crippen LogP contribution in [0, 0.1) is 5.92 Å². The van der Waals surface area contributed by atoms with E-state index in [-0.39, 0.29) is 29.2 Å². The van der Waals surface area contributed by atoms with Crippen molar-refractivity contribution >= 4 is 22.7 Å². The molecule has 0 bridgehead atoms. The molecule has 3 aliphatic carbocycles. The zero-order valence-corrected chi connectivity index (χ0v) is 19.6. The van der Waals surface area contributed by atoms with Crippen LogP contribution in [0.3, 0.4) is 0 Å². The van der Waals surface area contributed by atoms with Crippen LogP contribution < -0.4 is 0 Å². The lowest BCUT2D eigenvalue weighted by atomic mass is 9.75. The fourth-order valence-electron chi connectivity index (χ4n) is 5.57. The van der Waals surface area contributed by atoms with Gasteiger partial charge in [0.2, 0.25) is 0 Å². The molecule has 3 atom stereocenters. The van der Waals surface area contributed by atoms with Crippen LogP contribution in [0.25, 0.3) is 5.70 Å². The second kappa shape index (κ2) is 7.47. The summed E-state index contributed by atoms with van der Waals surface area (Å²) in [4.78, 5) is 1.04. The number of benzene rings is 1. The number of thiophene rings is 1. The number of rotatable bonds is 1. The molecule has 0 radical (unpaired) electrons. The van der Waals surface area contributed by atoms with E-state index in [0.29, 0.717) is 17.7 Å². The maximum atomic E-state index is 13.8. The third-order valence-electron chi connectivity index (χ3n) is 7.34. The molecule has 7 rings (SSSR count). The summed E-state index contributed by atoms with van der Waals surface area (Å²) < 4.78 is 81.7. The average molecular weight is 527 g/mol. The Morgan fingerprint density at radius 1 is 0.892 bits per heavy atom. The second-order valence-electron chi connectivity index (χ2n) is 9.41. The number of hydrogen-bond donors (Lipinski definition) is 0. The van der Waals surface area contributed by atoms with E-state index in [1.54, 1.807) is 11.3 Å². The van der Waals surface area contributed by atoms with Crippen molar-refractivity contribution < 1.29 is 26.3 Å². The first-order valence-electron chi connectivity index (χ1n) is 11.6. The van der Waals surface area contributed by atoms with E-state index in [4.69, 9.17) is 5.10 Å². The normalized spacial score (nSPS) is 25.3. The fourth-order valence-corrected chi connectivity index (χ4v) is 6.57. The molecule has 9 heteroatoms. The molecule has 0 fully saturated rings. The SMILES string of the molecule is FC(F)(F)c1ccc(C2=NN3C(=C4C=C5C=CC=CC5C=C24)c2sccc2C2C=CC23)cc1C(F)(F)F. The molecule has 3 heterocycles.